The number of nitrogens with one attached hydrogen (secondary N) is 1. The monoisotopic (exact) mass is 343 g/mol. The molecule has 0 fully saturated rings. The van der Waals surface area contributed by atoms with Crippen molar-refractivity contribution in [1.29, 1.82) is 0 Å². The molecule has 1 N–H and O–H groups in total. The van der Waals surface area contributed by atoms with Crippen molar-refractivity contribution < 1.29 is 9.15 Å². The van der Waals surface area contributed by atoms with Crippen molar-refractivity contribution in [2.45, 2.75) is 13.0 Å². The van der Waals surface area contributed by atoms with Crippen LogP contribution in [0.15, 0.2) is 39.6 Å². The maximum absolute atomic E-state index is 6.34. The average Bonchev–Trinajstić information content (AvgIpc) is 2.82. The van der Waals surface area contributed by atoms with Crippen LogP contribution in [-0.2, 0) is 0 Å². The largest absolute Gasteiger partial charge is 0.497 e. The summed E-state index contributed by atoms with van der Waals surface area (Å²) in [6.45, 7) is 2.88. The van der Waals surface area contributed by atoms with Gasteiger partial charge >= 0.3 is 0 Å². The van der Waals surface area contributed by atoms with Crippen LogP contribution in [0.3, 0.4) is 0 Å². The highest BCUT2D eigenvalue weighted by molar-refractivity contribution is 9.10. The Morgan fingerprint density at radius 1 is 1.37 bits per heavy atom. The Morgan fingerprint density at radius 3 is 2.68 bits per heavy atom. The fourth-order valence-corrected chi connectivity index (χ4v) is 2.72. The molecule has 0 aliphatic carbocycles. The maximum Gasteiger partial charge on any atom is 0.174 e. The Balaban J connectivity index is 2.42. The van der Waals surface area contributed by atoms with Gasteiger partial charge in [0, 0.05) is 10.6 Å². The highest BCUT2D eigenvalue weighted by Crippen LogP contribution is 2.34. The summed E-state index contributed by atoms with van der Waals surface area (Å²) in [6.07, 6.45) is 1.65. The van der Waals surface area contributed by atoms with Crippen LogP contribution >= 0.6 is 27.5 Å². The van der Waals surface area contributed by atoms with E-state index < -0.39 is 0 Å². The van der Waals surface area contributed by atoms with E-state index in [1.165, 1.54) is 0 Å². The standard InChI is InChI=1S/C14H15BrClNO2/c1-3-17-13(11-6-7-19-14(11)15)10-5-4-9(18-2)8-12(10)16/h4-8,13,17H,3H2,1-2H3. The molecule has 0 spiro atoms. The van der Waals surface area contributed by atoms with E-state index in [1.54, 1.807) is 13.4 Å². The summed E-state index contributed by atoms with van der Waals surface area (Å²) >= 11 is 9.75. The van der Waals surface area contributed by atoms with Crippen molar-refractivity contribution in [3.8, 4) is 5.75 Å². The average molecular weight is 345 g/mol. The number of hydrogen-bond donors (Lipinski definition) is 1. The van der Waals surface area contributed by atoms with Gasteiger partial charge in [0.05, 0.1) is 19.4 Å². The lowest BCUT2D eigenvalue weighted by Crippen LogP contribution is -2.22. The van der Waals surface area contributed by atoms with E-state index in [9.17, 15) is 0 Å². The molecule has 0 amide bonds. The van der Waals surface area contributed by atoms with Gasteiger partial charge in [-0.2, -0.15) is 0 Å². The molecule has 5 heteroatoms. The van der Waals surface area contributed by atoms with Gasteiger partial charge in [0.25, 0.3) is 0 Å². The number of furan rings is 1. The van der Waals surface area contributed by atoms with Gasteiger partial charge in [-0.1, -0.05) is 24.6 Å². The molecule has 0 radical (unpaired) electrons. The fourth-order valence-electron chi connectivity index (χ4n) is 1.97. The van der Waals surface area contributed by atoms with Crippen LogP contribution in [0.1, 0.15) is 24.1 Å². The smallest absolute Gasteiger partial charge is 0.174 e. The van der Waals surface area contributed by atoms with E-state index in [2.05, 4.69) is 28.2 Å². The van der Waals surface area contributed by atoms with Gasteiger partial charge in [0.15, 0.2) is 4.67 Å². The molecule has 0 aliphatic rings. The second kappa shape index (κ2) is 6.46. The maximum atomic E-state index is 6.34. The molecule has 1 atom stereocenters. The predicted octanol–water partition coefficient (Wildman–Crippen LogP) is 4.40. The lowest BCUT2D eigenvalue weighted by Gasteiger charge is -2.19. The van der Waals surface area contributed by atoms with E-state index in [0.717, 1.165) is 23.4 Å². The zero-order valence-corrected chi connectivity index (χ0v) is 13.1. The summed E-state index contributed by atoms with van der Waals surface area (Å²) in [4.78, 5) is 0. The summed E-state index contributed by atoms with van der Waals surface area (Å²) in [6, 6.07) is 7.59. The lowest BCUT2D eigenvalue weighted by molar-refractivity contribution is 0.414. The molecule has 1 heterocycles. The van der Waals surface area contributed by atoms with Crippen LogP contribution in [0.5, 0.6) is 5.75 Å². The summed E-state index contributed by atoms with van der Waals surface area (Å²) < 4.78 is 11.2. The van der Waals surface area contributed by atoms with E-state index in [0.29, 0.717) is 9.69 Å². The summed E-state index contributed by atoms with van der Waals surface area (Å²) in [5, 5.41) is 4.07. The molecule has 19 heavy (non-hydrogen) atoms. The van der Waals surface area contributed by atoms with Gasteiger partial charge in [0.1, 0.15) is 5.75 Å². The molecule has 102 valence electrons. The Labute approximate surface area is 126 Å². The first-order chi connectivity index (χ1) is 9.17. The molecule has 1 aromatic heterocycles. The Hall–Kier alpha value is -0.970. The Morgan fingerprint density at radius 2 is 2.16 bits per heavy atom. The molecule has 3 nitrogen and oxygen atoms in total. The van der Waals surface area contributed by atoms with Crippen molar-refractivity contribution in [1.82, 2.24) is 5.32 Å². The third-order valence-corrected chi connectivity index (χ3v) is 3.86. The normalized spacial score (nSPS) is 12.4. The van der Waals surface area contributed by atoms with Crippen molar-refractivity contribution in [2.24, 2.45) is 0 Å². The van der Waals surface area contributed by atoms with Crippen molar-refractivity contribution in [3.63, 3.8) is 0 Å². The minimum absolute atomic E-state index is 0.0171. The summed E-state index contributed by atoms with van der Waals surface area (Å²) in [5.74, 6) is 0.746. The quantitative estimate of drug-likeness (QED) is 0.873. The van der Waals surface area contributed by atoms with Crippen LogP contribution in [0.4, 0.5) is 0 Å². The van der Waals surface area contributed by atoms with Crippen molar-refractivity contribution >= 4 is 27.5 Å². The zero-order chi connectivity index (χ0) is 13.8. The molecule has 0 saturated carbocycles. The highest BCUT2D eigenvalue weighted by atomic mass is 79.9. The van der Waals surface area contributed by atoms with Gasteiger partial charge in [-0.05, 0) is 46.2 Å². The number of halogens is 2. The molecule has 1 unspecified atom stereocenters. The number of hydrogen-bond acceptors (Lipinski definition) is 3. The molecule has 0 saturated heterocycles. The predicted molar refractivity (Wildman–Crippen MR) is 79.9 cm³/mol. The number of ether oxygens (including phenoxy) is 1. The third-order valence-electron chi connectivity index (χ3n) is 2.88. The zero-order valence-electron chi connectivity index (χ0n) is 10.7. The van der Waals surface area contributed by atoms with Crippen LogP contribution in [0.25, 0.3) is 0 Å². The molecule has 2 rings (SSSR count). The van der Waals surface area contributed by atoms with Gasteiger partial charge < -0.3 is 14.5 Å². The van der Waals surface area contributed by atoms with Gasteiger partial charge in [-0.3, -0.25) is 0 Å². The minimum atomic E-state index is -0.0171. The van der Waals surface area contributed by atoms with Gasteiger partial charge in [-0.25, -0.2) is 0 Å². The number of benzene rings is 1. The SMILES string of the molecule is CCNC(c1ccc(OC)cc1Cl)c1ccoc1Br. The molecule has 2 aromatic rings. The third kappa shape index (κ3) is 3.14. The first kappa shape index (κ1) is 14.4. The molecule has 0 aliphatic heterocycles. The molecular formula is C14H15BrClNO2. The van der Waals surface area contributed by atoms with Crippen LogP contribution in [-0.4, -0.2) is 13.7 Å². The van der Waals surface area contributed by atoms with Crippen molar-refractivity contribution in [2.75, 3.05) is 13.7 Å². The van der Waals surface area contributed by atoms with E-state index in [4.69, 9.17) is 20.8 Å². The molecule has 1 aromatic carbocycles. The number of methoxy groups -OCH3 is 1. The van der Waals surface area contributed by atoms with E-state index in [-0.39, 0.29) is 6.04 Å². The first-order valence-corrected chi connectivity index (χ1v) is 7.14. The Kier molecular flexibility index (Phi) is 4.91. The van der Waals surface area contributed by atoms with Crippen LogP contribution in [0, 0.1) is 0 Å². The first-order valence-electron chi connectivity index (χ1n) is 5.97. The fraction of sp³-hybridized carbons (Fsp3) is 0.286. The minimum Gasteiger partial charge on any atom is -0.497 e. The molecular weight excluding hydrogens is 330 g/mol. The van der Waals surface area contributed by atoms with E-state index in [1.807, 2.05) is 24.3 Å². The van der Waals surface area contributed by atoms with Crippen LogP contribution in [0.2, 0.25) is 5.02 Å². The Bertz CT molecular complexity index is 556. The van der Waals surface area contributed by atoms with Gasteiger partial charge in [0.2, 0.25) is 0 Å². The highest BCUT2D eigenvalue weighted by Gasteiger charge is 2.20. The van der Waals surface area contributed by atoms with Gasteiger partial charge in [-0.15, -0.1) is 0 Å². The van der Waals surface area contributed by atoms with Crippen LogP contribution < -0.4 is 10.1 Å². The lowest BCUT2D eigenvalue weighted by atomic mass is 10.0. The second-order valence-corrected chi connectivity index (χ2v) is 5.16. The topological polar surface area (TPSA) is 34.4 Å². The number of rotatable bonds is 5. The van der Waals surface area contributed by atoms with E-state index >= 15 is 0 Å². The van der Waals surface area contributed by atoms with Crippen molar-refractivity contribution in [3.05, 3.63) is 51.3 Å². The summed E-state index contributed by atoms with van der Waals surface area (Å²) in [5.41, 5.74) is 2.01. The second-order valence-electron chi connectivity index (χ2n) is 4.03. The molecule has 0 bridgehead atoms. The summed E-state index contributed by atoms with van der Waals surface area (Å²) in [7, 11) is 1.62.